The first-order chi connectivity index (χ1) is 13.3. The number of esters is 1. The molecular weight excluding hydrogens is 408 g/mol. The Morgan fingerprint density at radius 3 is 1.34 bits per heavy atom. The molecule has 0 bridgehead atoms. The van der Waals surface area contributed by atoms with Crippen molar-refractivity contribution in [3.05, 3.63) is 0 Å². The van der Waals surface area contributed by atoms with E-state index in [1.54, 1.807) is 0 Å². The lowest BCUT2D eigenvalue weighted by Crippen LogP contribution is -2.55. The average molecular weight is 434 g/mol. The highest BCUT2D eigenvalue weighted by molar-refractivity contribution is 5.81. The lowest BCUT2D eigenvalue weighted by molar-refractivity contribution is -0.198. The molecule has 0 aliphatic heterocycles. The van der Waals surface area contributed by atoms with Crippen LogP contribution in [-0.4, -0.2) is 147 Å². The van der Waals surface area contributed by atoms with Crippen molar-refractivity contribution in [1.29, 1.82) is 0 Å². The number of rotatable bonds is 13. The molecule has 0 rings (SSSR count). The largest absolute Gasteiger partial charge is 0.478 e. The SMILES string of the molecule is O=C(O[C@@H](C(=O)O)[C@H](O)[C@@H](O)[C@H](O)[C@H](O)CO)[C@H](O)[C@@H](O)[C@H](O)[C@H](O)C(O)CO. The number of aliphatic hydroxyl groups is 11. The van der Waals surface area contributed by atoms with Gasteiger partial charge in [-0.1, -0.05) is 0 Å². The molecule has 1 unspecified atom stereocenters. The summed E-state index contributed by atoms with van der Waals surface area (Å²) in [6, 6.07) is 0. The Morgan fingerprint density at radius 1 is 0.621 bits per heavy atom. The summed E-state index contributed by atoms with van der Waals surface area (Å²) in [5, 5.41) is 112. The Balaban J connectivity index is 5.24. The first kappa shape index (κ1) is 27.5. The number of carboxylic acids is 1. The van der Waals surface area contributed by atoms with Crippen LogP contribution in [0, 0.1) is 0 Å². The van der Waals surface area contributed by atoms with E-state index in [0.717, 1.165) is 0 Å². The average Bonchev–Trinajstić information content (AvgIpc) is 2.71. The van der Waals surface area contributed by atoms with Crippen molar-refractivity contribution in [3.8, 4) is 0 Å². The van der Waals surface area contributed by atoms with Crippen molar-refractivity contribution >= 4 is 11.9 Å². The number of hydrogen-bond donors (Lipinski definition) is 12. The monoisotopic (exact) mass is 434 g/mol. The van der Waals surface area contributed by atoms with Gasteiger partial charge in [-0.15, -0.1) is 0 Å². The lowest BCUT2D eigenvalue weighted by Gasteiger charge is -2.30. The van der Waals surface area contributed by atoms with Gasteiger partial charge >= 0.3 is 11.9 Å². The smallest absolute Gasteiger partial charge is 0.347 e. The molecule has 12 N–H and O–H groups in total. The highest BCUT2D eigenvalue weighted by atomic mass is 16.6. The van der Waals surface area contributed by atoms with E-state index in [2.05, 4.69) is 4.74 Å². The molecule has 0 aromatic heterocycles. The van der Waals surface area contributed by atoms with E-state index in [4.69, 9.17) is 20.4 Å². The van der Waals surface area contributed by atoms with E-state index in [0.29, 0.717) is 0 Å². The first-order valence-corrected chi connectivity index (χ1v) is 8.09. The van der Waals surface area contributed by atoms with Crippen LogP contribution in [0.1, 0.15) is 0 Å². The second kappa shape index (κ2) is 12.3. The van der Waals surface area contributed by atoms with Gasteiger partial charge in [0.25, 0.3) is 0 Å². The van der Waals surface area contributed by atoms with Crippen LogP contribution in [0.5, 0.6) is 0 Å². The van der Waals surface area contributed by atoms with Crippen molar-refractivity contribution in [2.75, 3.05) is 13.2 Å². The molecular formula is C14H26O15. The number of hydrogen-bond acceptors (Lipinski definition) is 14. The Bertz CT molecular complexity index is 515. The van der Waals surface area contributed by atoms with Crippen LogP contribution in [0.2, 0.25) is 0 Å². The second-order valence-corrected chi connectivity index (χ2v) is 6.08. The van der Waals surface area contributed by atoms with E-state index in [9.17, 15) is 50.4 Å². The zero-order chi connectivity index (χ0) is 23.0. The molecule has 0 aliphatic carbocycles. The van der Waals surface area contributed by atoms with Gasteiger partial charge in [0.2, 0.25) is 6.10 Å². The van der Waals surface area contributed by atoms with E-state index < -0.39 is 86.2 Å². The highest BCUT2D eigenvalue weighted by Gasteiger charge is 2.43. The summed E-state index contributed by atoms with van der Waals surface area (Å²) in [6.07, 6.45) is -23.8. The van der Waals surface area contributed by atoms with Gasteiger partial charge in [-0.3, -0.25) is 0 Å². The number of carbonyl (C=O) groups is 2. The van der Waals surface area contributed by atoms with Crippen molar-refractivity contribution in [2.45, 2.75) is 61.0 Å². The summed E-state index contributed by atoms with van der Waals surface area (Å²) in [7, 11) is 0. The van der Waals surface area contributed by atoms with Gasteiger partial charge in [0, 0.05) is 0 Å². The minimum Gasteiger partial charge on any atom is -0.478 e. The number of carboxylic acid groups (broad SMARTS) is 1. The van der Waals surface area contributed by atoms with E-state index in [-0.39, 0.29) is 0 Å². The van der Waals surface area contributed by atoms with Gasteiger partial charge in [-0.2, -0.15) is 0 Å². The Labute approximate surface area is 162 Å². The van der Waals surface area contributed by atoms with Gasteiger partial charge in [-0.25, -0.2) is 9.59 Å². The summed E-state index contributed by atoms with van der Waals surface area (Å²) in [6.45, 7) is -2.13. The van der Waals surface area contributed by atoms with Crippen LogP contribution >= 0.6 is 0 Å². The van der Waals surface area contributed by atoms with Crippen LogP contribution in [-0.2, 0) is 14.3 Å². The second-order valence-electron chi connectivity index (χ2n) is 6.08. The molecule has 0 amide bonds. The molecule has 0 aromatic rings. The fourth-order valence-electron chi connectivity index (χ4n) is 2.04. The van der Waals surface area contributed by atoms with E-state index in [1.165, 1.54) is 0 Å². The molecule has 0 aliphatic rings. The number of aliphatic carboxylic acids is 1. The van der Waals surface area contributed by atoms with Crippen LogP contribution in [0.3, 0.4) is 0 Å². The maximum atomic E-state index is 11.8. The van der Waals surface area contributed by atoms with Crippen molar-refractivity contribution < 1.29 is 75.6 Å². The molecule has 15 nitrogen and oxygen atoms in total. The third-order valence-electron chi connectivity index (χ3n) is 3.92. The van der Waals surface area contributed by atoms with Crippen LogP contribution in [0.4, 0.5) is 0 Å². The summed E-state index contributed by atoms with van der Waals surface area (Å²) >= 11 is 0. The molecule has 15 heteroatoms. The standard InChI is InChI=1S/C14H26O15/c15-1-3(17)5(19)7(21)9(23)11(25)14(28)29-12(13(26)27)10(24)8(22)6(20)4(18)2-16/h3-12,15-25H,1-2H2,(H,26,27)/t3?,4-,5-,6-,7-,8+,9+,10-,11-,12-/m1/s1. The predicted octanol–water partition coefficient (Wildman–Crippen LogP) is -7.78. The predicted molar refractivity (Wildman–Crippen MR) is 85.7 cm³/mol. The van der Waals surface area contributed by atoms with Gasteiger partial charge in [0.1, 0.15) is 48.8 Å². The molecule has 0 aromatic carbocycles. The van der Waals surface area contributed by atoms with Crippen LogP contribution in [0.25, 0.3) is 0 Å². The zero-order valence-electron chi connectivity index (χ0n) is 14.8. The Morgan fingerprint density at radius 2 is 1.00 bits per heavy atom. The van der Waals surface area contributed by atoms with Gasteiger partial charge in [-0.05, 0) is 0 Å². The molecule has 0 radical (unpaired) electrons. The minimum atomic E-state index is -2.72. The normalized spacial score (nSPS) is 22.3. The summed E-state index contributed by atoms with van der Waals surface area (Å²) in [5.74, 6) is -4.05. The summed E-state index contributed by atoms with van der Waals surface area (Å²) in [4.78, 5) is 23.0. The van der Waals surface area contributed by atoms with Gasteiger partial charge in [0.05, 0.1) is 13.2 Å². The zero-order valence-corrected chi connectivity index (χ0v) is 14.8. The molecule has 0 spiro atoms. The van der Waals surface area contributed by atoms with E-state index >= 15 is 0 Å². The quantitative estimate of drug-likeness (QED) is 0.120. The topological polar surface area (TPSA) is 286 Å². The number of ether oxygens (including phenoxy) is 1. The molecule has 0 heterocycles. The molecule has 10 atom stereocenters. The molecule has 0 saturated heterocycles. The van der Waals surface area contributed by atoms with Crippen LogP contribution < -0.4 is 0 Å². The van der Waals surface area contributed by atoms with Crippen molar-refractivity contribution in [3.63, 3.8) is 0 Å². The maximum Gasteiger partial charge on any atom is 0.347 e. The van der Waals surface area contributed by atoms with Gasteiger partial charge < -0.3 is 66.0 Å². The molecule has 0 saturated carbocycles. The molecule has 172 valence electrons. The first-order valence-electron chi connectivity index (χ1n) is 8.09. The van der Waals surface area contributed by atoms with E-state index in [1.807, 2.05) is 0 Å². The minimum absolute atomic E-state index is 1.06. The lowest BCUT2D eigenvalue weighted by atomic mass is 9.98. The van der Waals surface area contributed by atoms with Crippen molar-refractivity contribution in [1.82, 2.24) is 0 Å². The van der Waals surface area contributed by atoms with Crippen molar-refractivity contribution in [2.24, 2.45) is 0 Å². The fourth-order valence-corrected chi connectivity index (χ4v) is 2.04. The van der Waals surface area contributed by atoms with Crippen LogP contribution in [0.15, 0.2) is 0 Å². The third-order valence-corrected chi connectivity index (χ3v) is 3.92. The van der Waals surface area contributed by atoms with Gasteiger partial charge in [0.15, 0.2) is 6.10 Å². The fraction of sp³-hybridized carbons (Fsp3) is 0.857. The molecule has 29 heavy (non-hydrogen) atoms. The number of carbonyl (C=O) groups excluding carboxylic acids is 1. The third kappa shape index (κ3) is 7.36. The summed E-state index contributed by atoms with van der Waals surface area (Å²) < 4.78 is 4.24. The Hall–Kier alpha value is -1.50. The highest BCUT2D eigenvalue weighted by Crippen LogP contribution is 2.15. The summed E-state index contributed by atoms with van der Waals surface area (Å²) in [5.41, 5.74) is 0. The Kier molecular flexibility index (Phi) is 11.6. The number of aliphatic hydroxyl groups excluding tert-OH is 11. The molecule has 0 fully saturated rings. The maximum absolute atomic E-state index is 11.8.